The molecule has 1 amide bonds. The zero-order valence-electron chi connectivity index (χ0n) is 12.6. The molecule has 0 bridgehead atoms. The summed E-state index contributed by atoms with van der Waals surface area (Å²) in [5.74, 6) is 0.149. The first-order valence-corrected chi connectivity index (χ1v) is 6.55. The Kier molecular flexibility index (Phi) is 5.66. The summed E-state index contributed by atoms with van der Waals surface area (Å²) in [5, 5.41) is 0. The van der Waals surface area contributed by atoms with E-state index in [2.05, 4.69) is 27.7 Å². The minimum absolute atomic E-state index is 0.0531. The Morgan fingerprint density at radius 1 is 1.24 bits per heavy atom. The Morgan fingerprint density at radius 3 is 1.94 bits per heavy atom. The van der Waals surface area contributed by atoms with Crippen molar-refractivity contribution in [2.45, 2.75) is 72.9 Å². The van der Waals surface area contributed by atoms with Crippen molar-refractivity contribution < 1.29 is 4.79 Å². The number of rotatable bonds is 5. The lowest BCUT2D eigenvalue weighted by molar-refractivity contribution is -0.134. The molecule has 0 aromatic heterocycles. The summed E-state index contributed by atoms with van der Waals surface area (Å²) in [4.78, 5) is 13.8. The van der Waals surface area contributed by atoms with Gasteiger partial charge in [0.2, 0.25) is 5.91 Å². The van der Waals surface area contributed by atoms with Gasteiger partial charge in [0.1, 0.15) is 0 Å². The van der Waals surface area contributed by atoms with Gasteiger partial charge < -0.3 is 10.6 Å². The second-order valence-electron chi connectivity index (χ2n) is 6.79. The predicted molar refractivity (Wildman–Crippen MR) is 73.8 cm³/mol. The van der Waals surface area contributed by atoms with E-state index in [1.807, 2.05) is 18.7 Å². The van der Waals surface area contributed by atoms with Gasteiger partial charge in [0.15, 0.2) is 0 Å². The van der Waals surface area contributed by atoms with Crippen molar-refractivity contribution in [2.75, 3.05) is 6.54 Å². The predicted octanol–water partition coefficient (Wildman–Crippen LogP) is 2.79. The second kappa shape index (κ2) is 5.85. The van der Waals surface area contributed by atoms with Gasteiger partial charge >= 0.3 is 0 Å². The van der Waals surface area contributed by atoms with Gasteiger partial charge in [0.05, 0.1) is 0 Å². The first kappa shape index (κ1) is 16.4. The zero-order chi connectivity index (χ0) is 13.9. The molecular weight excluding hydrogens is 212 g/mol. The van der Waals surface area contributed by atoms with Crippen LogP contribution in [0.3, 0.4) is 0 Å². The van der Waals surface area contributed by atoms with E-state index in [-0.39, 0.29) is 22.9 Å². The van der Waals surface area contributed by atoms with E-state index in [9.17, 15) is 4.79 Å². The lowest BCUT2D eigenvalue weighted by Gasteiger charge is -2.43. The third-order valence-electron chi connectivity index (χ3n) is 2.96. The summed E-state index contributed by atoms with van der Waals surface area (Å²) < 4.78 is 0. The van der Waals surface area contributed by atoms with Crippen LogP contribution in [-0.4, -0.2) is 28.9 Å². The van der Waals surface area contributed by atoms with Crippen molar-refractivity contribution in [1.82, 2.24) is 4.90 Å². The third kappa shape index (κ3) is 6.06. The van der Waals surface area contributed by atoms with Gasteiger partial charge in [-0.25, -0.2) is 0 Å². The monoisotopic (exact) mass is 242 g/mol. The van der Waals surface area contributed by atoms with E-state index in [0.717, 1.165) is 19.4 Å². The van der Waals surface area contributed by atoms with Crippen LogP contribution in [0.2, 0.25) is 0 Å². The van der Waals surface area contributed by atoms with Crippen LogP contribution in [0.1, 0.15) is 61.3 Å². The molecule has 0 aromatic carbocycles. The second-order valence-corrected chi connectivity index (χ2v) is 6.79. The lowest BCUT2D eigenvalue weighted by Crippen LogP contribution is -2.52. The summed E-state index contributed by atoms with van der Waals surface area (Å²) in [7, 11) is 0. The first-order valence-electron chi connectivity index (χ1n) is 6.55. The molecule has 0 aliphatic heterocycles. The molecule has 0 aliphatic rings. The van der Waals surface area contributed by atoms with Crippen LogP contribution in [0.5, 0.6) is 0 Å². The van der Waals surface area contributed by atoms with Gasteiger partial charge in [-0.05, 0) is 32.1 Å². The quantitative estimate of drug-likeness (QED) is 0.806. The minimum Gasteiger partial charge on any atom is -0.339 e. The molecule has 0 heterocycles. The molecule has 0 aromatic rings. The summed E-state index contributed by atoms with van der Waals surface area (Å²) in [6, 6.07) is 0.194. The molecule has 0 aliphatic carbocycles. The minimum atomic E-state index is -0.251. The van der Waals surface area contributed by atoms with E-state index in [1.54, 1.807) is 6.92 Å². The molecule has 0 saturated heterocycles. The number of carbonyl (C=O) groups excluding carboxylic acids is 1. The zero-order valence-corrected chi connectivity index (χ0v) is 12.6. The van der Waals surface area contributed by atoms with Gasteiger partial charge in [0, 0.05) is 25.0 Å². The average Bonchev–Trinajstić information content (AvgIpc) is 2.07. The smallest absolute Gasteiger partial charge is 0.219 e. The highest BCUT2D eigenvalue weighted by atomic mass is 16.2. The maximum absolute atomic E-state index is 11.8. The Morgan fingerprint density at radius 2 is 1.71 bits per heavy atom. The molecule has 3 nitrogen and oxygen atoms in total. The lowest BCUT2D eigenvalue weighted by atomic mass is 9.78. The molecule has 1 unspecified atom stereocenters. The highest BCUT2D eigenvalue weighted by Gasteiger charge is 2.34. The first-order chi connectivity index (χ1) is 7.49. The largest absolute Gasteiger partial charge is 0.339 e. The topological polar surface area (TPSA) is 46.3 Å². The number of carbonyl (C=O) groups is 1. The van der Waals surface area contributed by atoms with Crippen LogP contribution >= 0.6 is 0 Å². The van der Waals surface area contributed by atoms with E-state index >= 15 is 0 Å². The summed E-state index contributed by atoms with van der Waals surface area (Å²) in [6.45, 7) is 15.1. The van der Waals surface area contributed by atoms with Gasteiger partial charge in [-0.2, -0.15) is 0 Å². The van der Waals surface area contributed by atoms with Crippen LogP contribution in [0.15, 0.2) is 0 Å². The van der Waals surface area contributed by atoms with Crippen molar-refractivity contribution in [3.63, 3.8) is 0 Å². The molecule has 1 atom stereocenters. The van der Waals surface area contributed by atoms with Crippen LogP contribution < -0.4 is 5.73 Å². The standard InChI is InChI=1S/C14H30N2O/c1-8-9-16(11(2)17)12(13(3,4)5)10-14(6,7)15/h12H,8-10,15H2,1-7H3. The van der Waals surface area contributed by atoms with E-state index in [1.165, 1.54) is 0 Å². The van der Waals surface area contributed by atoms with Gasteiger partial charge in [-0.15, -0.1) is 0 Å². The molecule has 0 radical (unpaired) electrons. The van der Waals surface area contributed by atoms with E-state index in [4.69, 9.17) is 5.73 Å². The fraction of sp³-hybridized carbons (Fsp3) is 0.929. The fourth-order valence-corrected chi connectivity index (χ4v) is 2.16. The number of nitrogens with zero attached hydrogens (tertiary/aromatic N) is 1. The molecule has 0 spiro atoms. The van der Waals surface area contributed by atoms with Crippen LogP contribution in [-0.2, 0) is 4.79 Å². The van der Waals surface area contributed by atoms with Crippen molar-refractivity contribution >= 4 is 5.91 Å². The SMILES string of the molecule is CCCN(C(C)=O)C(CC(C)(C)N)C(C)(C)C. The highest BCUT2D eigenvalue weighted by molar-refractivity contribution is 5.73. The maximum Gasteiger partial charge on any atom is 0.219 e. The average molecular weight is 242 g/mol. The van der Waals surface area contributed by atoms with Crippen molar-refractivity contribution in [3.05, 3.63) is 0 Å². The summed E-state index contributed by atoms with van der Waals surface area (Å²) in [5.41, 5.74) is 5.93. The van der Waals surface area contributed by atoms with E-state index < -0.39 is 0 Å². The van der Waals surface area contributed by atoms with Crippen LogP contribution in [0, 0.1) is 5.41 Å². The van der Waals surface area contributed by atoms with Crippen molar-refractivity contribution in [2.24, 2.45) is 11.1 Å². The van der Waals surface area contributed by atoms with Crippen molar-refractivity contribution in [1.29, 1.82) is 0 Å². The number of hydrogen-bond donors (Lipinski definition) is 1. The van der Waals surface area contributed by atoms with Gasteiger partial charge in [-0.1, -0.05) is 27.7 Å². The van der Waals surface area contributed by atoms with Gasteiger partial charge in [-0.3, -0.25) is 4.79 Å². The molecule has 0 rings (SSSR count). The Balaban J connectivity index is 5.07. The number of amides is 1. The van der Waals surface area contributed by atoms with Crippen molar-refractivity contribution in [3.8, 4) is 0 Å². The molecule has 102 valence electrons. The highest BCUT2D eigenvalue weighted by Crippen LogP contribution is 2.30. The number of hydrogen-bond acceptors (Lipinski definition) is 2. The fourth-order valence-electron chi connectivity index (χ4n) is 2.16. The molecule has 17 heavy (non-hydrogen) atoms. The molecule has 0 fully saturated rings. The summed E-state index contributed by atoms with van der Waals surface area (Å²) >= 11 is 0. The Bertz CT molecular complexity index is 248. The van der Waals surface area contributed by atoms with E-state index in [0.29, 0.717) is 0 Å². The Labute approximate surface area is 107 Å². The Hall–Kier alpha value is -0.570. The molecule has 3 heteroatoms. The molecule has 2 N–H and O–H groups in total. The number of nitrogens with two attached hydrogens (primary N) is 1. The van der Waals surface area contributed by atoms with Crippen LogP contribution in [0.25, 0.3) is 0 Å². The van der Waals surface area contributed by atoms with Gasteiger partial charge in [0.25, 0.3) is 0 Å². The molecule has 0 saturated carbocycles. The normalized spacial score (nSPS) is 14.6. The summed E-state index contributed by atoms with van der Waals surface area (Å²) in [6.07, 6.45) is 1.81. The maximum atomic E-state index is 11.8. The molecular formula is C14H30N2O. The van der Waals surface area contributed by atoms with Crippen LogP contribution in [0.4, 0.5) is 0 Å². The third-order valence-corrected chi connectivity index (χ3v) is 2.96.